The first kappa shape index (κ1) is 14.7. The van der Waals surface area contributed by atoms with Gasteiger partial charge in [-0.05, 0) is 42.5 Å². The minimum absolute atomic E-state index is 0.151. The van der Waals surface area contributed by atoms with Gasteiger partial charge in [-0.25, -0.2) is 0 Å². The summed E-state index contributed by atoms with van der Waals surface area (Å²) in [4.78, 5) is 17.6. The number of nitrogens with zero attached hydrogens (tertiary/aromatic N) is 1. The second-order valence-electron chi connectivity index (χ2n) is 5.49. The molecule has 0 saturated heterocycles. The molecule has 1 aromatic carbocycles. The van der Waals surface area contributed by atoms with Crippen molar-refractivity contribution in [1.29, 1.82) is 0 Å². The molecule has 0 aliphatic heterocycles. The first-order valence-electron chi connectivity index (χ1n) is 7.18. The predicted molar refractivity (Wildman–Crippen MR) is 91.1 cm³/mol. The zero-order valence-corrected chi connectivity index (χ0v) is 13.4. The lowest BCUT2D eigenvalue weighted by atomic mass is 9.77. The Hall–Kier alpha value is -2.26. The van der Waals surface area contributed by atoms with Gasteiger partial charge in [-0.15, -0.1) is 11.3 Å². The molecule has 0 aliphatic carbocycles. The van der Waals surface area contributed by atoms with E-state index in [2.05, 4.69) is 16.4 Å². The molecule has 3 heteroatoms. The third-order valence-corrected chi connectivity index (χ3v) is 5.29. The molecule has 1 atom stereocenters. The zero-order valence-electron chi connectivity index (χ0n) is 12.6. The van der Waals surface area contributed by atoms with Crippen molar-refractivity contribution >= 4 is 17.1 Å². The van der Waals surface area contributed by atoms with Crippen LogP contribution in [0.4, 0.5) is 0 Å². The first-order chi connectivity index (χ1) is 10.6. The molecular weight excluding hydrogens is 290 g/mol. The molecule has 0 fully saturated rings. The number of carbonyl (C=O) groups excluding carboxylic acids is 1. The van der Waals surface area contributed by atoms with Gasteiger partial charge in [0.25, 0.3) is 0 Å². The third kappa shape index (κ3) is 2.48. The molecule has 0 saturated carbocycles. The van der Waals surface area contributed by atoms with Crippen LogP contribution < -0.4 is 0 Å². The summed E-state index contributed by atoms with van der Waals surface area (Å²) < 4.78 is 0. The van der Waals surface area contributed by atoms with Gasteiger partial charge in [0, 0.05) is 22.8 Å². The number of carbonyl (C=O) groups is 1. The highest BCUT2D eigenvalue weighted by Gasteiger charge is 2.35. The van der Waals surface area contributed by atoms with E-state index in [1.54, 1.807) is 24.5 Å². The molecule has 22 heavy (non-hydrogen) atoms. The Morgan fingerprint density at radius 3 is 2.50 bits per heavy atom. The van der Waals surface area contributed by atoms with Crippen LogP contribution >= 0.6 is 11.3 Å². The van der Waals surface area contributed by atoms with Crippen molar-refractivity contribution < 1.29 is 4.79 Å². The zero-order chi connectivity index (χ0) is 15.6. The van der Waals surface area contributed by atoms with Crippen LogP contribution in [-0.2, 0) is 10.2 Å². The van der Waals surface area contributed by atoms with E-state index in [9.17, 15) is 4.79 Å². The Morgan fingerprint density at radius 2 is 1.86 bits per heavy atom. The number of thiophene rings is 1. The highest BCUT2D eigenvalue weighted by atomic mass is 32.1. The summed E-state index contributed by atoms with van der Waals surface area (Å²) in [6.07, 6.45) is 3.61. The predicted octanol–water partition coefficient (Wildman–Crippen LogP) is 4.71. The Labute approximate surface area is 134 Å². The minimum atomic E-state index is -0.605. The Kier molecular flexibility index (Phi) is 3.90. The van der Waals surface area contributed by atoms with Crippen LogP contribution in [0, 0.1) is 0 Å². The van der Waals surface area contributed by atoms with E-state index >= 15 is 0 Å². The van der Waals surface area contributed by atoms with Crippen LogP contribution in [0.15, 0.2) is 66.3 Å². The monoisotopic (exact) mass is 307 g/mol. The number of rotatable bonds is 4. The van der Waals surface area contributed by atoms with Crippen LogP contribution in [0.25, 0.3) is 11.1 Å². The van der Waals surface area contributed by atoms with E-state index in [-0.39, 0.29) is 5.78 Å². The van der Waals surface area contributed by atoms with Crippen molar-refractivity contribution in [2.75, 3.05) is 0 Å². The van der Waals surface area contributed by atoms with E-state index < -0.39 is 5.41 Å². The number of aromatic nitrogens is 1. The average Bonchev–Trinajstić information content (AvgIpc) is 3.06. The van der Waals surface area contributed by atoms with Crippen LogP contribution in [0.3, 0.4) is 0 Å². The smallest absolute Gasteiger partial charge is 0.145 e. The first-order valence-corrected chi connectivity index (χ1v) is 8.06. The molecule has 0 aliphatic rings. The second-order valence-corrected chi connectivity index (χ2v) is 6.40. The van der Waals surface area contributed by atoms with Crippen molar-refractivity contribution in [1.82, 2.24) is 4.98 Å². The summed E-state index contributed by atoms with van der Waals surface area (Å²) in [5.74, 6) is 0.151. The van der Waals surface area contributed by atoms with Crippen molar-refractivity contribution in [2.24, 2.45) is 0 Å². The van der Waals surface area contributed by atoms with E-state index in [0.29, 0.717) is 0 Å². The van der Waals surface area contributed by atoms with Gasteiger partial charge in [0.05, 0.1) is 5.41 Å². The molecular formula is C19H17NOS. The second kappa shape index (κ2) is 5.85. The lowest BCUT2D eigenvalue weighted by Gasteiger charge is -2.26. The summed E-state index contributed by atoms with van der Waals surface area (Å²) in [6.45, 7) is 3.67. The Bertz CT molecular complexity index is 779. The lowest BCUT2D eigenvalue weighted by Crippen LogP contribution is -2.30. The Morgan fingerprint density at radius 1 is 1.09 bits per heavy atom. The molecule has 0 radical (unpaired) electrons. The quantitative estimate of drug-likeness (QED) is 0.699. The van der Waals surface area contributed by atoms with E-state index in [1.165, 1.54) is 0 Å². The molecule has 2 aromatic heterocycles. The summed E-state index contributed by atoms with van der Waals surface area (Å²) in [6, 6.07) is 16.0. The molecule has 1 unspecified atom stereocenters. The van der Waals surface area contributed by atoms with Crippen LogP contribution in [0.1, 0.15) is 24.3 Å². The molecule has 0 N–H and O–H groups in total. The molecule has 2 nitrogen and oxygen atoms in total. The molecule has 0 amide bonds. The Balaban J connectivity index is 2.08. The average molecular weight is 307 g/mol. The number of ketones is 1. The molecule has 110 valence electrons. The maximum absolute atomic E-state index is 12.4. The number of hydrogen-bond donors (Lipinski definition) is 0. The number of benzene rings is 1. The van der Waals surface area contributed by atoms with Crippen LogP contribution in [-0.4, -0.2) is 10.8 Å². The topological polar surface area (TPSA) is 30.0 Å². The standard InChI is InChI=1S/C19H17NOS/c1-14(21)19(2,17-8-4-3-5-9-17)18-11-16(13-22-18)15-7-6-10-20-12-15/h3-13H,1-2H3. The number of Topliss-reactive ketones (excluding diaryl/α,β-unsaturated/α-hetero) is 1. The van der Waals surface area contributed by atoms with Crippen LogP contribution in [0.2, 0.25) is 0 Å². The summed E-state index contributed by atoms with van der Waals surface area (Å²) in [5, 5.41) is 2.09. The molecule has 3 rings (SSSR count). The molecule has 0 spiro atoms. The largest absolute Gasteiger partial charge is 0.299 e. The molecule has 2 heterocycles. The van der Waals surface area contributed by atoms with Crippen LogP contribution in [0.5, 0.6) is 0 Å². The van der Waals surface area contributed by atoms with Crippen molar-refractivity contribution in [3.8, 4) is 11.1 Å². The molecule has 3 aromatic rings. The van der Waals surface area contributed by atoms with Gasteiger partial charge in [0.2, 0.25) is 0 Å². The van der Waals surface area contributed by atoms with E-state index in [1.807, 2.05) is 55.6 Å². The van der Waals surface area contributed by atoms with Gasteiger partial charge in [0.1, 0.15) is 5.78 Å². The molecule has 0 bridgehead atoms. The maximum Gasteiger partial charge on any atom is 0.145 e. The van der Waals surface area contributed by atoms with Gasteiger partial charge < -0.3 is 0 Å². The van der Waals surface area contributed by atoms with Gasteiger partial charge in [0.15, 0.2) is 0 Å². The van der Waals surface area contributed by atoms with Gasteiger partial charge >= 0.3 is 0 Å². The van der Waals surface area contributed by atoms with Gasteiger partial charge in [-0.2, -0.15) is 0 Å². The van der Waals surface area contributed by atoms with Crippen molar-refractivity contribution in [3.05, 3.63) is 76.7 Å². The maximum atomic E-state index is 12.4. The summed E-state index contributed by atoms with van der Waals surface area (Å²) >= 11 is 1.63. The summed E-state index contributed by atoms with van der Waals surface area (Å²) in [5.41, 5.74) is 2.61. The fourth-order valence-corrected chi connectivity index (χ4v) is 3.72. The highest BCUT2D eigenvalue weighted by Crippen LogP contribution is 2.39. The van der Waals surface area contributed by atoms with Crippen molar-refractivity contribution in [2.45, 2.75) is 19.3 Å². The minimum Gasteiger partial charge on any atom is -0.299 e. The fraction of sp³-hybridized carbons (Fsp3) is 0.158. The number of pyridine rings is 1. The van der Waals surface area contributed by atoms with Gasteiger partial charge in [-0.3, -0.25) is 9.78 Å². The van der Waals surface area contributed by atoms with Gasteiger partial charge in [-0.1, -0.05) is 36.4 Å². The lowest BCUT2D eigenvalue weighted by molar-refractivity contribution is -0.120. The number of hydrogen-bond acceptors (Lipinski definition) is 3. The third-order valence-electron chi connectivity index (χ3n) is 4.14. The van der Waals surface area contributed by atoms with Crippen molar-refractivity contribution in [3.63, 3.8) is 0 Å². The summed E-state index contributed by atoms with van der Waals surface area (Å²) in [7, 11) is 0. The van der Waals surface area contributed by atoms with E-state index in [4.69, 9.17) is 0 Å². The normalized spacial score (nSPS) is 13.5. The van der Waals surface area contributed by atoms with E-state index in [0.717, 1.165) is 21.6 Å². The SMILES string of the molecule is CC(=O)C(C)(c1ccccc1)c1cc(-c2cccnc2)cs1. The fourth-order valence-electron chi connectivity index (χ4n) is 2.57. The highest BCUT2D eigenvalue weighted by molar-refractivity contribution is 7.10.